The molecule has 0 saturated heterocycles. The van der Waals surface area contributed by atoms with Crippen molar-refractivity contribution < 1.29 is 9.32 Å². The monoisotopic (exact) mass is 302 g/mol. The van der Waals surface area contributed by atoms with Gasteiger partial charge in [0.05, 0.1) is 5.69 Å². The molecule has 0 bridgehead atoms. The van der Waals surface area contributed by atoms with Gasteiger partial charge in [-0.15, -0.1) is 0 Å². The summed E-state index contributed by atoms with van der Waals surface area (Å²) in [5.41, 5.74) is 1.30. The lowest BCUT2D eigenvalue weighted by molar-refractivity contribution is 0.0757. The van der Waals surface area contributed by atoms with Crippen molar-refractivity contribution in [2.75, 3.05) is 13.6 Å². The first kappa shape index (κ1) is 14.8. The smallest absolute Gasteiger partial charge is 0.259 e. The van der Waals surface area contributed by atoms with Crippen molar-refractivity contribution in [3.63, 3.8) is 0 Å². The molecule has 0 radical (unpaired) electrons. The van der Waals surface area contributed by atoms with Crippen LogP contribution in [0.4, 0.5) is 0 Å². The third-order valence-electron chi connectivity index (χ3n) is 4.38. The van der Waals surface area contributed by atoms with Crippen LogP contribution in [0.1, 0.15) is 41.0 Å². The fourth-order valence-corrected chi connectivity index (χ4v) is 3.18. The number of hydrogen-bond donors (Lipinski definition) is 0. The summed E-state index contributed by atoms with van der Waals surface area (Å²) in [5.74, 6) is 2.29. The van der Waals surface area contributed by atoms with Gasteiger partial charge in [-0.25, -0.2) is 4.98 Å². The van der Waals surface area contributed by atoms with Crippen LogP contribution >= 0.6 is 0 Å². The van der Waals surface area contributed by atoms with Crippen LogP contribution < -0.4 is 0 Å². The Morgan fingerprint density at radius 2 is 2.36 bits per heavy atom. The standard InChI is InChI=1S/C16H22N4O2/c1-4-13-15(11(2)18-22-13)16(21)19(3)9-12-5-6-14-17-7-8-20(14)10-12/h7-8,12H,4-6,9-10H2,1-3H3/t12-/m0/s1. The maximum atomic E-state index is 12.7. The van der Waals surface area contributed by atoms with Gasteiger partial charge in [0.2, 0.25) is 0 Å². The van der Waals surface area contributed by atoms with Crippen LogP contribution in [0.2, 0.25) is 0 Å². The SMILES string of the molecule is CCc1onc(C)c1C(=O)N(C)C[C@@H]1CCc2nccn2C1. The average Bonchev–Trinajstić information content (AvgIpc) is 3.11. The molecule has 0 fully saturated rings. The zero-order chi connectivity index (χ0) is 15.7. The molecular formula is C16H22N4O2. The lowest BCUT2D eigenvalue weighted by atomic mass is 9.98. The molecule has 22 heavy (non-hydrogen) atoms. The van der Waals surface area contributed by atoms with Gasteiger partial charge in [-0.1, -0.05) is 12.1 Å². The second-order valence-corrected chi connectivity index (χ2v) is 6.01. The first-order chi connectivity index (χ1) is 10.6. The van der Waals surface area contributed by atoms with E-state index >= 15 is 0 Å². The largest absolute Gasteiger partial charge is 0.360 e. The number of nitrogens with zero attached hydrogens (tertiary/aromatic N) is 4. The van der Waals surface area contributed by atoms with Crippen molar-refractivity contribution in [1.29, 1.82) is 0 Å². The molecule has 6 nitrogen and oxygen atoms in total. The maximum absolute atomic E-state index is 12.7. The number of aromatic nitrogens is 3. The van der Waals surface area contributed by atoms with Crippen molar-refractivity contribution in [3.8, 4) is 0 Å². The van der Waals surface area contributed by atoms with Gasteiger partial charge in [-0.3, -0.25) is 4.79 Å². The molecule has 6 heteroatoms. The minimum Gasteiger partial charge on any atom is -0.360 e. The summed E-state index contributed by atoms with van der Waals surface area (Å²) in [6.07, 6.45) is 6.59. The van der Waals surface area contributed by atoms with E-state index in [1.807, 2.05) is 33.3 Å². The van der Waals surface area contributed by atoms with Crippen molar-refractivity contribution in [2.24, 2.45) is 5.92 Å². The zero-order valence-electron chi connectivity index (χ0n) is 13.4. The fourth-order valence-electron chi connectivity index (χ4n) is 3.18. The molecule has 0 unspecified atom stereocenters. The number of amides is 1. The molecule has 3 heterocycles. The second kappa shape index (κ2) is 5.94. The molecule has 118 valence electrons. The van der Waals surface area contributed by atoms with E-state index in [4.69, 9.17) is 4.52 Å². The van der Waals surface area contributed by atoms with Crippen LogP contribution in [0, 0.1) is 12.8 Å². The molecule has 2 aromatic heterocycles. The first-order valence-electron chi connectivity index (χ1n) is 7.80. The Labute approximate surface area is 130 Å². The van der Waals surface area contributed by atoms with Gasteiger partial charge in [0.25, 0.3) is 5.91 Å². The molecule has 0 spiro atoms. The molecule has 1 aliphatic heterocycles. The lowest BCUT2D eigenvalue weighted by Gasteiger charge is -2.28. The molecular weight excluding hydrogens is 280 g/mol. The van der Waals surface area contributed by atoms with Crippen molar-refractivity contribution >= 4 is 5.91 Å². The number of hydrogen-bond acceptors (Lipinski definition) is 4. The third kappa shape index (κ3) is 2.65. The maximum Gasteiger partial charge on any atom is 0.259 e. The van der Waals surface area contributed by atoms with E-state index in [1.54, 1.807) is 4.90 Å². The van der Waals surface area contributed by atoms with Crippen LogP contribution in [-0.2, 0) is 19.4 Å². The molecule has 0 aliphatic carbocycles. The summed E-state index contributed by atoms with van der Waals surface area (Å²) in [7, 11) is 1.86. The van der Waals surface area contributed by atoms with E-state index in [2.05, 4.69) is 14.7 Å². The lowest BCUT2D eigenvalue weighted by Crippen LogP contribution is -2.35. The number of rotatable bonds is 4. The van der Waals surface area contributed by atoms with E-state index in [9.17, 15) is 4.79 Å². The van der Waals surface area contributed by atoms with Gasteiger partial charge in [-0.05, 0) is 19.3 Å². The van der Waals surface area contributed by atoms with Crippen molar-refractivity contribution in [3.05, 3.63) is 35.2 Å². The number of aryl methyl sites for hydroxylation is 3. The Bertz CT molecular complexity index is 673. The van der Waals surface area contributed by atoms with E-state index in [1.165, 1.54) is 0 Å². The summed E-state index contributed by atoms with van der Waals surface area (Å²) in [4.78, 5) is 18.8. The molecule has 0 saturated carbocycles. The quantitative estimate of drug-likeness (QED) is 0.867. The van der Waals surface area contributed by atoms with Gasteiger partial charge in [0, 0.05) is 45.4 Å². The highest BCUT2D eigenvalue weighted by Gasteiger charge is 2.26. The minimum absolute atomic E-state index is 0.00651. The molecule has 1 aliphatic rings. The van der Waals surface area contributed by atoms with E-state index < -0.39 is 0 Å². The fraction of sp³-hybridized carbons (Fsp3) is 0.562. The Morgan fingerprint density at radius 3 is 3.14 bits per heavy atom. The summed E-state index contributed by atoms with van der Waals surface area (Å²) in [6, 6.07) is 0. The highest BCUT2D eigenvalue weighted by molar-refractivity contribution is 5.96. The van der Waals surface area contributed by atoms with E-state index in [-0.39, 0.29) is 5.91 Å². The predicted octanol–water partition coefficient (Wildman–Crippen LogP) is 2.08. The van der Waals surface area contributed by atoms with Gasteiger partial charge in [-0.2, -0.15) is 0 Å². The molecule has 3 rings (SSSR count). The molecule has 0 aromatic carbocycles. The van der Waals surface area contributed by atoms with Gasteiger partial charge in [0.15, 0.2) is 0 Å². The van der Waals surface area contributed by atoms with E-state index in [0.717, 1.165) is 31.8 Å². The van der Waals surface area contributed by atoms with Crippen molar-refractivity contribution in [2.45, 2.75) is 39.7 Å². The Hall–Kier alpha value is -2.11. The average molecular weight is 302 g/mol. The van der Waals surface area contributed by atoms with E-state index in [0.29, 0.717) is 29.4 Å². The number of carbonyl (C=O) groups is 1. The second-order valence-electron chi connectivity index (χ2n) is 6.01. The Kier molecular flexibility index (Phi) is 4.00. The zero-order valence-corrected chi connectivity index (χ0v) is 13.4. The van der Waals surface area contributed by atoms with Gasteiger partial charge >= 0.3 is 0 Å². The Balaban J connectivity index is 1.68. The first-order valence-corrected chi connectivity index (χ1v) is 7.80. The van der Waals surface area contributed by atoms with Crippen LogP contribution in [0.5, 0.6) is 0 Å². The number of carbonyl (C=O) groups excluding carboxylic acids is 1. The highest BCUT2D eigenvalue weighted by Crippen LogP contribution is 2.21. The molecule has 1 atom stereocenters. The summed E-state index contributed by atoms with van der Waals surface area (Å²) in [6.45, 7) is 5.46. The third-order valence-corrected chi connectivity index (χ3v) is 4.38. The Morgan fingerprint density at radius 1 is 1.55 bits per heavy atom. The predicted molar refractivity (Wildman–Crippen MR) is 81.6 cm³/mol. The number of imidazole rings is 1. The van der Waals surface area contributed by atoms with Crippen LogP contribution in [0.15, 0.2) is 16.9 Å². The topological polar surface area (TPSA) is 64.2 Å². The number of fused-ring (bicyclic) bond motifs is 1. The van der Waals surface area contributed by atoms with Crippen LogP contribution in [0.3, 0.4) is 0 Å². The summed E-state index contributed by atoms with van der Waals surface area (Å²) >= 11 is 0. The van der Waals surface area contributed by atoms with Crippen molar-refractivity contribution in [1.82, 2.24) is 19.6 Å². The van der Waals surface area contributed by atoms with Gasteiger partial charge < -0.3 is 14.0 Å². The van der Waals surface area contributed by atoms with Crippen LogP contribution in [0.25, 0.3) is 0 Å². The summed E-state index contributed by atoms with van der Waals surface area (Å²) in [5, 5.41) is 3.93. The molecule has 0 N–H and O–H groups in total. The molecule has 2 aromatic rings. The highest BCUT2D eigenvalue weighted by atomic mass is 16.5. The van der Waals surface area contributed by atoms with Gasteiger partial charge in [0.1, 0.15) is 17.1 Å². The normalized spacial score (nSPS) is 17.3. The summed E-state index contributed by atoms with van der Waals surface area (Å²) < 4.78 is 7.42. The molecule has 1 amide bonds. The minimum atomic E-state index is 0.00651. The van der Waals surface area contributed by atoms with Crippen LogP contribution in [-0.4, -0.2) is 39.1 Å².